The highest BCUT2D eigenvalue weighted by molar-refractivity contribution is 14.1. The molecule has 2 amide bonds. The van der Waals surface area contributed by atoms with Crippen LogP contribution in [-0.4, -0.2) is 34.6 Å². The van der Waals surface area contributed by atoms with E-state index in [1.54, 1.807) is 24.3 Å². The van der Waals surface area contributed by atoms with Crippen molar-refractivity contribution in [3.8, 4) is 5.75 Å². The largest absolute Gasteiger partial charge is 0.480 e. The van der Waals surface area contributed by atoms with Gasteiger partial charge in [0, 0.05) is 0 Å². The zero-order chi connectivity index (χ0) is 22.0. The van der Waals surface area contributed by atoms with Crippen LogP contribution < -0.4 is 15.0 Å². The Bertz CT molecular complexity index is 1080. The van der Waals surface area contributed by atoms with Crippen LogP contribution in [0.4, 0.5) is 5.69 Å². The summed E-state index contributed by atoms with van der Waals surface area (Å²) in [5, 5.41) is 11.4. The summed E-state index contributed by atoms with van der Waals surface area (Å²) in [7, 11) is 0. The number of hydrogen-bond acceptors (Lipinski definition) is 5. The highest BCUT2D eigenvalue weighted by atomic mass is 127. The first-order chi connectivity index (χ1) is 14.2. The fourth-order valence-electron chi connectivity index (χ4n) is 2.69. The van der Waals surface area contributed by atoms with Gasteiger partial charge < -0.3 is 9.84 Å². The Labute approximate surface area is 204 Å². The number of rotatable bonds is 5. The normalized spacial score (nSPS) is 15.4. The van der Waals surface area contributed by atoms with Gasteiger partial charge in [0.15, 0.2) is 11.7 Å². The number of hydrogen-bond donors (Lipinski definition) is 2. The maximum atomic E-state index is 13.1. The number of amides is 2. The summed E-state index contributed by atoms with van der Waals surface area (Å²) < 4.78 is 6.62. The summed E-state index contributed by atoms with van der Waals surface area (Å²) in [5.41, 5.74) is 2.13. The van der Waals surface area contributed by atoms with Crippen LogP contribution in [0, 0.1) is 14.1 Å². The summed E-state index contributed by atoms with van der Waals surface area (Å²) in [6.45, 7) is 1.47. The van der Waals surface area contributed by atoms with E-state index in [4.69, 9.17) is 22.1 Å². The lowest BCUT2D eigenvalue weighted by atomic mass is 10.1. The molecule has 0 unspecified atom stereocenters. The number of carboxylic acid groups (broad SMARTS) is 1. The van der Waals surface area contributed by atoms with Crippen LogP contribution in [0.3, 0.4) is 0 Å². The summed E-state index contributed by atoms with van der Waals surface area (Å²) in [4.78, 5) is 37.6. The molecule has 0 aromatic heterocycles. The average Bonchev–Trinajstić information content (AvgIpc) is 2.65. The fourth-order valence-corrected chi connectivity index (χ4v) is 5.10. The molecule has 154 valence electrons. The standard InChI is InChI=1S/C20H14I2N2O5S/c1-10-2-4-12(5-3-10)24-19(28)13(18(27)23-20(24)30)6-11-7-14(21)17(15(22)8-11)29-9-16(25)26/h2-8H,9H2,1H3,(H,25,26)(H,23,27,30)/b13-6+. The van der Waals surface area contributed by atoms with Crippen molar-refractivity contribution >= 4 is 92.1 Å². The number of ether oxygens (including phenoxy) is 1. The van der Waals surface area contributed by atoms with Crippen molar-refractivity contribution in [2.45, 2.75) is 6.92 Å². The third-order valence-electron chi connectivity index (χ3n) is 4.07. The molecule has 0 atom stereocenters. The molecule has 2 aromatic carbocycles. The lowest BCUT2D eigenvalue weighted by Gasteiger charge is -2.29. The molecule has 1 fully saturated rings. The van der Waals surface area contributed by atoms with Crippen molar-refractivity contribution < 1.29 is 24.2 Å². The lowest BCUT2D eigenvalue weighted by Crippen LogP contribution is -2.54. The molecule has 1 aliphatic heterocycles. The van der Waals surface area contributed by atoms with Crippen LogP contribution in [-0.2, 0) is 14.4 Å². The van der Waals surface area contributed by atoms with E-state index in [0.717, 1.165) is 5.56 Å². The predicted octanol–water partition coefficient (Wildman–Crippen LogP) is 3.50. The molecule has 10 heteroatoms. The Hall–Kier alpha value is -2.06. The van der Waals surface area contributed by atoms with Crippen molar-refractivity contribution in [3.63, 3.8) is 0 Å². The summed E-state index contributed by atoms with van der Waals surface area (Å²) in [5.74, 6) is -1.75. The van der Waals surface area contributed by atoms with E-state index in [0.29, 0.717) is 24.1 Å². The maximum Gasteiger partial charge on any atom is 0.341 e. The number of nitrogens with one attached hydrogen (secondary N) is 1. The van der Waals surface area contributed by atoms with Gasteiger partial charge in [-0.1, -0.05) is 17.7 Å². The molecule has 1 aliphatic rings. The molecule has 0 aliphatic carbocycles. The van der Waals surface area contributed by atoms with E-state index in [1.165, 1.54) is 11.0 Å². The second-order valence-corrected chi connectivity index (χ2v) is 9.00. The molecular weight excluding hydrogens is 634 g/mol. The summed E-state index contributed by atoms with van der Waals surface area (Å²) in [6, 6.07) is 10.6. The number of aryl methyl sites for hydroxylation is 1. The quantitative estimate of drug-likeness (QED) is 0.223. The van der Waals surface area contributed by atoms with Gasteiger partial charge in [0.05, 0.1) is 12.8 Å². The molecule has 0 bridgehead atoms. The van der Waals surface area contributed by atoms with Crippen LogP contribution in [0.15, 0.2) is 42.0 Å². The minimum Gasteiger partial charge on any atom is -0.480 e. The molecule has 0 saturated carbocycles. The Morgan fingerprint density at radius 1 is 1.20 bits per heavy atom. The van der Waals surface area contributed by atoms with Gasteiger partial charge >= 0.3 is 5.97 Å². The summed E-state index contributed by atoms with van der Waals surface area (Å²) in [6.07, 6.45) is 1.48. The number of aliphatic carboxylic acids is 1. The number of carbonyl (C=O) groups excluding carboxylic acids is 2. The topological polar surface area (TPSA) is 95.9 Å². The van der Waals surface area contributed by atoms with Gasteiger partial charge in [0.1, 0.15) is 11.3 Å². The highest BCUT2D eigenvalue weighted by Gasteiger charge is 2.34. The van der Waals surface area contributed by atoms with Crippen LogP contribution >= 0.6 is 57.4 Å². The minimum absolute atomic E-state index is 0.0209. The smallest absolute Gasteiger partial charge is 0.341 e. The minimum atomic E-state index is -1.08. The van der Waals surface area contributed by atoms with E-state index in [9.17, 15) is 14.4 Å². The van der Waals surface area contributed by atoms with Gasteiger partial charge in [-0.15, -0.1) is 0 Å². The Kier molecular flexibility index (Phi) is 7.08. The fraction of sp³-hybridized carbons (Fsp3) is 0.100. The third kappa shape index (κ3) is 4.98. The molecule has 30 heavy (non-hydrogen) atoms. The Balaban J connectivity index is 1.96. The molecule has 2 N–H and O–H groups in total. The number of thiocarbonyl (C=S) groups is 1. The Morgan fingerprint density at radius 3 is 2.37 bits per heavy atom. The third-order valence-corrected chi connectivity index (χ3v) is 5.95. The van der Waals surface area contributed by atoms with Crippen molar-refractivity contribution in [1.82, 2.24) is 5.32 Å². The number of anilines is 1. The second-order valence-electron chi connectivity index (χ2n) is 6.29. The van der Waals surface area contributed by atoms with E-state index < -0.39 is 24.4 Å². The molecule has 2 aromatic rings. The van der Waals surface area contributed by atoms with Gasteiger partial charge in [-0.05, 0) is 100 Å². The maximum absolute atomic E-state index is 13.1. The monoisotopic (exact) mass is 648 g/mol. The van der Waals surface area contributed by atoms with Crippen molar-refractivity contribution in [1.29, 1.82) is 0 Å². The SMILES string of the molecule is Cc1ccc(N2C(=O)/C(=C/c3cc(I)c(OCC(=O)O)c(I)c3)C(=O)NC2=S)cc1. The van der Waals surface area contributed by atoms with Crippen molar-refractivity contribution in [3.05, 3.63) is 60.2 Å². The number of carbonyl (C=O) groups is 3. The molecule has 1 heterocycles. The van der Waals surface area contributed by atoms with Crippen LogP contribution in [0.25, 0.3) is 6.08 Å². The number of halogens is 2. The Morgan fingerprint density at radius 2 is 1.80 bits per heavy atom. The van der Waals surface area contributed by atoms with E-state index in [2.05, 4.69) is 5.32 Å². The van der Waals surface area contributed by atoms with Gasteiger partial charge in [-0.3, -0.25) is 19.8 Å². The van der Waals surface area contributed by atoms with Crippen LogP contribution in [0.2, 0.25) is 0 Å². The molecule has 1 saturated heterocycles. The highest BCUT2D eigenvalue weighted by Crippen LogP contribution is 2.30. The first-order valence-electron chi connectivity index (χ1n) is 8.49. The first-order valence-corrected chi connectivity index (χ1v) is 11.1. The second kappa shape index (κ2) is 9.39. The first kappa shape index (κ1) is 22.6. The number of benzene rings is 2. The van der Waals surface area contributed by atoms with Crippen LogP contribution in [0.5, 0.6) is 5.75 Å². The summed E-state index contributed by atoms with van der Waals surface area (Å²) >= 11 is 9.23. The molecular formula is C20H14I2N2O5S. The van der Waals surface area contributed by atoms with Gasteiger partial charge in [0.2, 0.25) is 0 Å². The van der Waals surface area contributed by atoms with E-state index >= 15 is 0 Å². The van der Waals surface area contributed by atoms with Gasteiger partial charge in [0.25, 0.3) is 11.8 Å². The van der Waals surface area contributed by atoms with Crippen molar-refractivity contribution in [2.75, 3.05) is 11.5 Å². The van der Waals surface area contributed by atoms with E-state index in [-0.39, 0.29) is 10.7 Å². The molecule has 3 rings (SSSR count). The number of nitrogens with zero attached hydrogens (tertiary/aromatic N) is 1. The van der Waals surface area contributed by atoms with Gasteiger partial charge in [-0.2, -0.15) is 0 Å². The van der Waals surface area contributed by atoms with E-state index in [1.807, 2.05) is 64.2 Å². The molecule has 7 nitrogen and oxygen atoms in total. The lowest BCUT2D eigenvalue weighted by molar-refractivity contribution is -0.139. The van der Waals surface area contributed by atoms with Crippen LogP contribution in [0.1, 0.15) is 11.1 Å². The zero-order valence-electron chi connectivity index (χ0n) is 15.4. The molecule has 0 radical (unpaired) electrons. The molecule has 0 spiro atoms. The zero-order valence-corrected chi connectivity index (χ0v) is 20.6. The number of carboxylic acids is 1. The average molecular weight is 648 g/mol. The van der Waals surface area contributed by atoms with Gasteiger partial charge in [-0.25, -0.2) is 4.79 Å². The predicted molar refractivity (Wildman–Crippen MR) is 132 cm³/mol. The van der Waals surface area contributed by atoms with Crippen molar-refractivity contribution in [2.24, 2.45) is 0 Å².